The molecule has 0 fully saturated rings. The van der Waals surface area contributed by atoms with Crippen LogP contribution in [0.25, 0.3) is 0 Å². The van der Waals surface area contributed by atoms with Gasteiger partial charge in [-0.05, 0) is 54.3 Å². The SMILES string of the molecule is CCCCCCCN(CCc1ccc(Cl)cc1)C(=O)Cc1ccc(OCc2ccccc2C(=O)O)cc1. The van der Waals surface area contributed by atoms with Crippen LogP contribution in [0.5, 0.6) is 5.75 Å². The van der Waals surface area contributed by atoms with E-state index in [9.17, 15) is 14.7 Å². The minimum Gasteiger partial charge on any atom is -0.489 e. The fourth-order valence-corrected chi connectivity index (χ4v) is 4.31. The van der Waals surface area contributed by atoms with E-state index in [-0.39, 0.29) is 18.1 Å². The Balaban J connectivity index is 1.56. The number of rotatable bonds is 15. The van der Waals surface area contributed by atoms with Crippen LogP contribution in [0.15, 0.2) is 72.8 Å². The lowest BCUT2D eigenvalue weighted by Crippen LogP contribution is -2.35. The summed E-state index contributed by atoms with van der Waals surface area (Å²) in [5, 5.41) is 10.1. The third-order valence-corrected chi connectivity index (χ3v) is 6.64. The number of ether oxygens (including phenoxy) is 1. The van der Waals surface area contributed by atoms with Gasteiger partial charge in [-0.3, -0.25) is 4.79 Å². The molecule has 0 aliphatic heterocycles. The van der Waals surface area contributed by atoms with Gasteiger partial charge in [0.2, 0.25) is 5.91 Å². The molecule has 6 heteroatoms. The molecule has 0 bridgehead atoms. The van der Waals surface area contributed by atoms with Gasteiger partial charge in [0.15, 0.2) is 0 Å². The van der Waals surface area contributed by atoms with Crippen LogP contribution in [-0.2, 0) is 24.2 Å². The zero-order chi connectivity index (χ0) is 26.5. The Morgan fingerprint density at radius 3 is 2.22 bits per heavy atom. The van der Waals surface area contributed by atoms with E-state index in [1.165, 1.54) is 24.8 Å². The highest BCUT2D eigenvalue weighted by Crippen LogP contribution is 2.18. The average Bonchev–Trinajstić information content (AvgIpc) is 2.91. The van der Waals surface area contributed by atoms with Gasteiger partial charge in [0, 0.05) is 23.7 Å². The largest absolute Gasteiger partial charge is 0.489 e. The summed E-state index contributed by atoms with van der Waals surface area (Å²) >= 11 is 6.01. The number of amides is 1. The van der Waals surface area contributed by atoms with Crippen LogP contribution in [0.4, 0.5) is 0 Å². The van der Waals surface area contributed by atoms with Gasteiger partial charge in [0.25, 0.3) is 0 Å². The molecule has 0 heterocycles. The van der Waals surface area contributed by atoms with Crippen LogP contribution in [-0.4, -0.2) is 35.0 Å². The summed E-state index contributed by atoms with van der Waals surface area (Å²) in [6.07, 6.45) is 6.90. The molecular formula is C31H36ClNO4. The third kappa shape index (κ3) is 9.58. The minimum absolute atomic E-state index is 0.119. The van der Waals surface area contributed by atoms with Gasteiger partial charge in [0.1, 0.15) is 12.4 Å². The Kier molecular flexibility index (Phi) is 11.5. The second kappa shape index (κ2) is 15.1. The summed E-state index contributed by atoms with van der Waals surface area (Å²) in [4.78, 5) is 26.6. The number of carbonyl (C=O) groups excluding carboxylic acids is 1. The van der Waals surface area contributed by atoms with Crippen molar-refractivity contribution in [2.24, 2.45) is 0 Å². The van der Waals surface area contributed by atoms with Crippen LogP contribution in [0.2, 0.25) is 5.02 Å². The highest BCUT2D eigenvalue weighted by atomic mass is 35.5. The molecule has 0 unspecified atom stereocenters. The van der Waals surface area contributed by atoms with E-state index in [4.69, 9.17) is 16.3 Å². The molecule has 1 N–H and O–H groups in total. The topological polar surface area (TPSA) is 66.8 Å². The van der Waals surface area contributed by atoms with Gasteiger partial charge in [-0.25, -0.2) is 4.79 Å². The third-order valence-electron chi connectivity index (χ3n) is 6.39. The van der Waals surface area contributed by atoms with E-state index < -0.39 is 5.97 Å². The molecule has 0 spiro atoms. The van der Waals surface area contributed by atoms with Crippen molar-refractivity contribution in [1.82, 2.24) is 4.90 Å². The van der Waals surface area contributed by atoms with Gasteiger partial charge in [0.05, 0.1) is 12.0 Å². The van der Waals surface area contributed by atoms with Crippen molar-refractivity contribution in [3.8, 4) is 5.75 Å². The van der Waals surface area contributed by atoms with E-state index in [1.54, 1.807) is 24.3 Å². The van der Waals surface area contributed by atoms with Crippen molar-refractivity contribution in [3.63, 3.8) is 0 Å². The first-order chi connectivity index (χ1) is 18.0. The molecule has 5 nitrogen and oxygen atoms in total. The Labute approximate surface area is 225 Å². The fraction of sp³-hybridized carbons (Fsp3) is 0.355. The van der Waals surface area contributed by atoms with Crippen molar-refractivity contribution < 1.29 is 19.4 Å². The summed E-state index contributed by atoms with van der Waals surface area (Å²) in [5.74, 6) is -0.223. The lowest BCUT2D eigenvalue weighted by molar-refractivity contribution is -0.130. The first kappa shape index (κ1) is 28.3. The zero-order valence-electron chi connectivity index (χ0n) is 21.5. The maximum absolute atomic E-state index is 13.2. The summed E-state index contributed by atoms with van der Waals surface area (Å²) in [7, 11) is 0. The predicted molar refractivity (Wildman–Crippen MR) is 148 cm³/mol. The summed E-state index contributed by atoms with van der Waals surface area (Å²) < 4.78 is 5.80. The van der Waals surface area contributed by atoms with Gasteiger partial charge >= 0.3 is 5.97 Å². The van der Waals surface area contributed by atoms with Gasteiger partial charge in [-0.1, -0.05) is 86.7 Å². The first-order valence-corrected chi connectivity index (χ1v) is 13.4. The predicted octanol–water partition coefficient (Wildman–Crippen LogP) is 7.20. The maximum Gasteiger partial charge on any atom is 0.336 e. The number of benzene rings is 3. The molecule has 3 rings (SSSR count). The zero-order valence-corrected chi connectivity index (χ0v) is 22.3. The molecule has 0 radical (unpaired) electrons. The number of nitrogens with zero attached hydrogens (tertiary/aromatic N) is 1. The van der Waals surface area contributed by atoms with Crippen LogP contribution in [0, 0.1) is 0 Å². The van der Waals surface area contributed by atoms with E-state index in [2.05, 4.69) is 6.92 Å². The van der Waals surface area contributed by atoms with Crippen LogP contribution in [0.3, 0.4) is 0 Å². The van der Waals surface area contributed by atoms with Crippen molar-refractivity contribution in [2.75, 3.05) is 13.1 Å². The normalized spacial score (nSPS) is 10.8. The molecule has 1 amide bonds. The van der Waals surface area contributed by atoms with E-state index in [1.807, 2.05) is 53.4 Å². The van der Waals surface area contributed by atoms with Crippen molar-refractivity contribution >= 4 is 23.5 Å². The summed E-state index contributed by atoms with van der Waals surface area (Å²) in [5.41, 5.74) is 2.94. The molecule has 0 aliphatic carbocycles. The molecular weight excluding hydrogens is 486 g/mol. The number of hydrogen-bond acceptors (Lipinski definition) is 3. The van der Waals surface area contributed by atoms with E-state index in [0.717, 1.165) is 31.4 Å². The lowest BCUT2D eigenvalue weighted by atomic mass is 10.1. The second-order valence-corrected chi connectivity index (χ2v) is 9.68. The van der Waals surface area contributed by atoms with Crippen molar-refractivity contribution in [1.29, 1.82) is 0 Å². The fourth-order valence-electron chi connectivity index (χ4n) is 4.19. The molecule has 37 heavy (non-hydrogen) atoms. The van der Waals surface area contributed by atoms with E-state index in [0.29, 0.717) is 29.3 Å². The summed E-state index contributed by atoms with van der Waals surface area (Å²) in [6.45, 7) is 3.81. The maximum atomic E-state index is 13.2. The highest BCUT2D eigenvalue weighted by Gasteiger charge is 2.15. The number of halogens is 1. The van der Waals surface area contributed by atoms with Crippen LogP contribution < -0.4 is 4.74 Å². The Morgan fingerprint density at radius 2 is 1.51 bits per heavy atom. The number of unbranched alkanes of at least 4 members (excludes halogenated alkanes) is 4. The molecule has 0 aromatic heterocycles. The second-order valence-electron chi connectivity index (χ2n) is 9.24. The average molecular weight is 522 g/mol. The number of aromatic carboxylic acids is 1. The van der Waals surface area contributed by atoms with E-state index >= 15 is 0 Å². The lowest BCUT2D eigenvalue weighted by Gasteiger charge is -2.23. The standard InChI is InChI=1S/C31H36ClNO4/c1-2-3-4-5-8-20-33(21-19-24-11-15-27(32)16-12-24)30(34)22-25-13-17-28(18-14-25)37-23-26-9-6-7-10-29(26)31(35)36/h6-7,9-18H,2-5,8,19-23H2,1H3,(H,35,36). The van der Waals surface area contributed by atoms with Crippen LogP contribution in [0.1, 0.15) is 66.1 Å². The number of carboxylic acids is 1. The molecule has 0 saturated heterocycles. The molecule has 0 atom stereocenters. The van der Waals surface area contributed by atoms with Crippen molar-refractivity contribution in [3.05, 3.63) is 100 Å². The first-order valence-electron chi connectivity index (χ1n) is 13.0. The van der Waals surface area contributed by atoms with Gasteiger partial charge < -0.3 is 14.7 Å². The smallest absolute Gasteiger partial charge is 0.336 e. The Hall–Kier alpha value is -3.31. The molecule has 0 saturated carbocycles. The quantitative estimate of drug-likeness (QED) is 0.215. The summed E-state index contributed by atoms with van der Waals surface area (Å²) in [6, 6.07) is 22.1. The minimum atomic E-state index is -0.973. The molecule has 3 aromatic carbocycles. The monoisotopic (exact) mass is 521 g/mol. The molecule has 196 valence electrons. The number of carboxylic acid groups (broad SMARTS) is 1. The Bertz CT molecular complexity index is 1130. The van der Waals surface area contributed by atoms with Crippen LogP contribution >= 0.6 is 11.6 Å². The van der Waals surface area contributed by atoms with Crippen molar-refractivity contribution in [2.45, 2.75) is 58.5 Å². The number of hydrogen-bond donors (Lipinski definition) is 1. The number of carbonyl (C=O) groups is 2. The highest BCUT2D eigenvalue weighted by molar-refractivity contribution is 6.30. The molecule has 3 aromatic rings. The van der Waals surface area contributed by atoms with Gasteiger partial charge in [-0.2, -0.15) is 0 Å². The molecule has 0 aliphatic rings. The Morgan fingerprint density at radius 1 is 0.838 bits per heavy atom. The van der Waals surface area contributed by atoms with Gasteiger partial charge in [-0.15, -0.1) is 0 Å².